The van der Waals surface area contributed by atoms with Crippen molar-refractivity contribution in [1.29, 1.82) is 0 Å². The second-order valence-corrected chi connectivity index (χ2v) is 5.94. The Kier molecular flexibility index (Phi) is 3.16. The number of aromatic nitrogens is 1. The van der Waals surface area contributed by atoms with Gasteiger partial charge in [0.25, 0.3) is 5.91 Å². The molecule has 3 rings (SSSR count). The van der Waals surface area contributed by atoms with Gasteiger partial charge >= 0.3 is 0 Å². The topological polar surface area (TPSA) is 68.0 Å². The highest BCUT2D eigenvalue weighted by Gasteiger charge is 2.25. The van der Waals surface area contributed by atoms with Crippen LogP contribution in [0.1, 0.15) is 27.2 Å². The summed E-state index contributed by atoms with van der Waals surface area (Å²) in [6.07, 6.45) is 4.60. The average molecular weight is 294 g/mol. The summed E-state index contributed by atoms with van der Waals surface area (Å²) in [6, 6.07) is 3.36. The average Bonchev–Trinajstić information content (AvgIpc) is 2.91. The monoisotopic (exact) mass is 293 g/mol. The first-order valence-electron chi connectivity index (χ1n) is 5.98. The lowest BCUT2D eigenvalue weighted by Crippen LogP contribution is -2.14. The van der Waals surface area contributed by atoms with E-state index in [1.807, 2.05) is 0 Å². The largest absolute Gasteiger partial charge is 0.390 e. The zero-order chi connectivity index (χ0) is 13.4. The van der Waals surface area contributed by atoms with Crippen molar-refractivity contribution in [3.05, 3.63) is 39.5 Å². The van der Waals surface area contributed by atoms with Crippen molar-refractivity contribution in [2.24, 2.45) is 0 Å². The molecule has 1 aliphatic carbocycles. The molecular weight excluding hydrogens is 282 g/mol. The number of hydrogen-bond acceptors (Lipinski definition) is 4. The number of carbonyl (C=O) groups excluding carboxylic acids is 1. The third-order valence-corrected chi connectivity index (χ3v) is 4.51. The number of aryl methyl sites for hydroxylation is 1. The maximum absolute atomic E-state index is 12.3. The number of nitrogen functional groups attached to an aromatic ring is 1. The van der Waals surface area contributed by atoms with Gasteiger partial charge < -0.3 is 11.1 Å². The first-order valence-corrected chi connectivity index (χ1v) is 7.17. The van der Waals surface area contributed by atoms with Gasteiger partial charge in [-0.2, -0.15) is 0 Å². The number of nitrogens with two attached hydrogens (primary N) is 1. The van der Waals surface area contributed by atoms with Crippen LogP contribution in [0.3, 0.4) is 0 Å². The molecule has 0 saturated carbocycles. The minimum atomic E-state index is -0.166. The Morgan fingerprint density at radius 1 is 1.42 bits per heavy atom. The van der Waals surface area contributed by atoms with Crippen LogP contribution in [0.25, 0.3) is 0 Å². The number of halogens is 1. The molecule has 0 fully saturated rings. The molecule has 0 unspecified atom stereocenters. The van der Waals surface area contributed by atoms with E-state index in [4.69, 9.17) is 17.3 Å². The molecule has 2 aromatic rings. The van der Waals surface area contributed by atoms with Crippen molar-refractivity contribution in [3.8, 4) is 0 Å². The van der Waals surface area contributed by atoms with Crippen LogP contribution in [0, 0.1) is 0 Å². The van der Waals surface area contributed by atoms with Crippen LogP contribution < -0.4 is 11.1 Å². The van der Waals surface area contributed by atoms with Crippen molar-refractivity contribution in [2.75, 3.05) is 11.1 Å². The smallest absolute Gasteiger partial charge is 0.258 e. The molecule has 0 atom stereocenters. The Morgan fingerprint density at radius 2 is 2.26 bits per heavy atom. The van der Waals surface area contributed by atoms with E-state index in [1.165, 1.54) is 22.4 Å². The summed E-state index contributed by atoms with van der Waals surface area (Å²) in [4.78, 5) is 17.5. The molecule has 0 bridgehead atoms. The van der Waals surface area contributed by atoms with Gasteiger partial charge in [-0.05, 0) is 37.0 Å². The van der Waals surface area contributed by atoms with E-state index in [0.717, 1.165) is 24.8 Å². The van der Waals surface area contributed by atoms with E-state index in [2.05, 4.69) is 10.3 Å². The highest BCUT2D eigenvalue weighted by molar-refractivity contribution is 7.16. The number of pyridine rings is 1. The van der Waals surface area contributed by atoms with Crippen molar-refractivity contribution < 1.29 is 4.79 Å². The molecule has 1 aliphatic rings. The number of fused-ring (bicyclic) bond motifs is 1. The zero-order valence-electron chi connectivity index (χ0n) is 10.1. The minimum absolute atomic E-state index is 0.166. The van der Waals surface area contributed by atoms with Gasteiger partial charge in [-0.15, -0.1) is 11.3 Å². The van der Waals surface area contributed by atoms with E-state index in [0.29, 0.717) is 21.4 Å². The third kappa shape index (κ3) is 2.31. The molecule has 3 N–H and O–H groups in total. The van der Waals surface area contributed by atoms with Crippen LogP contribution >= 0.6 is 22.9 Å². The predicted molar refractivity (Wildman–Crippen MR) is 78.0 cm³/mol. The fraction of sp³-hybridized carbons (Fsp3) is 0.231. The summed E-state index contributed by atoms with van der Waals surface area (Å²) in [5.74, 6) is -0.166. The molecule has 1 amide bonds. The fourth-order valence-electron chi connectivity index (χ4n) is 2.32. The van der Waals surface area contributed by atoms with Gasteiger partial charge in [0.05, 0.1) is 22.4 Å². The van der Waals surface area contributed by atoms with Crippen LogP contribution in [-0.2, 0) is 12.8 Å². The first-order chi connectivity index (χ1) is 9.15. The molecule has 0 aliphatic heterocycles. The molecule has 19 heavy (non-hydrogen) atoms. The molecule has 2 heterocycles. The Bertz CT molecular complexity index is 636. The Labute approximate surface area is 119 Å². The SMILES string of the molecule is Nc1sc2c(c1C(=O)Nc1ccc(Cl)nc1)CCC2. The molecule has 98 valence electrons. The van der Waals surface area contributed by atoms with Gasteiger partial charge in [0, 0.05) is 4.88 Å². The van der Waals surface area contributed by atoms with Crippen molar-refractivity contribution in [1.82, 2.24) is 4.98 Å². The van der Waals surface area contributed by atoms with Gasteiger partial charge in [0.2, 0.25) is 0 Å². The summed E-state index contributed by atoms with van der Waals surface area (Å²) >= 11 is 7.23. The molecule has 0 spiro atoms. The maximum Gasteiger partial charge on any atom is 0.258 e. The standard InChI is InChI=1S/C13H12ClN3OS/c14-10-5-4-7(6-16-10)17-13(18)11-8-2-1-3-9(8)19-12(11)15/h4-6H,1-3,15H2,(H,17,18). The lowest BCUT2D eigenvalue weighted by atomic mass is 10.1. The first kappa shape index (κ1) is 12.4. The normalized spacial score (nSPS) is 13.3. The number of thiophene rings is 1. The van der Waals surface area contributed by atoms with E-state index < -0.39 is 0 Å². The summed E-state index contributed by atoms with van der Waals surface area (Å²) in [5.41, 5.74) is 8.31. The van der Waals surface area contributed by atoms with Gasteiger partial charge in [0.15, 0.2) is 0 Å². The Hall–Kier alpha value is -1.59. The second-order valence-electron chi connectivity index (χ2n) is 4.42. The highest BCUT2D eigenvalue weighted by atomic mass is 35.5. The summed E-state index contributed by atoms with van der Waals surface area (Å²) in [7, 11) is 0. The quantitative estimate of drug-likeness (QED) is 0.836. The molecule has 0 radical (unpaired) electrons. The number of nitrogens with zero attached hydrogens (tertiary/aromatic N) is 1. The number of carbonyl (C=O) groups is 1. The number of nitrogens with one attached hydrogen (secondary N) is 1. The van der Waals surface area contributed by atoms with Crippen LogP contribution in [0.15, 0.2) is 18.3 Å². The van der Waals surface area contributed by atoms with Crippen LogP contribution in [0.2, 0.25) is 5.15 Å². The van der Waals surface area contributed by atoms with Crippen LogP contribution in [0.4, 0.5) is 10.7 Å². The minimum Gasteiger partial charge on any atom is -0.390 e. The van der Waals surface area contributed by atoms with Gasteiger partial charge in [-0.1, -0.05) is 11.6 Å². The zero-order valence-corrected chi connectivity index (χ0v) is 11.6. The van der Waals surface area contributed by atoms with Gasteiger partial charge in [-0.25, -0.2) is 4.98 Å². The van der Waals surface area contributed by atoms with Gasteiger partial charge in [-0.3, -0.25) is 4.79 Å². The highest BCUT2D eigenvalue weighted by Crippen LogP contribution is 2.37. The van der Waals surface area contributed by atoms with Crippen LogP contribution in [-0.4, -0.2) is 10.9 Å². The Balaban J connectivity index is 1.86. The molecule has 0 saturated heterocycles. The maximum atomic E-state index is 12.3. The molecule has 6 heteroatoms. The number of anilines is 2. The summed E-state index contributed by atoms with van der Waals surface area (Å²) in [6.45, 7) is 0. The van der Waals surface area contributed by atoms with E-state index in [9.17, 15) is 4.79 Å². The van der Waals surface area contributed by atoms with E-state index in [1.54, 1.807) is 12.1 Å². The summed E-state index contributed by atoms with van der Waals surface area (Å²) < 4.78 is 0. The summed E-state index contributed by atoms with van der Waals surface area (Å²) in [5, 5.41) is 3.81. The van der Waals surface area contributed by atoms with E-state index >= 15 is 0 Å². The molecule has 4 nitrogen and oxygen atoms in total. The van der Waals surface area contributed by atoms with Crippen LogP contribution in [0.5, 0.6) is 0 Å². The molecular formula is C13H12ClN3OS. The Morgan fingerprint density at radius 3 is 3.00 bits per heavy atom. The second kappa shape index (κ2) is 4.83. The number of hydrogen-bond donors (Lipinski definition) is 2. The van der Waals surface area contributed by atoms with Crippen molar-refractivity contribution in [3.63, 3.8) is 0 Å². The third-order valence-electron chi connectivity index (χ3n) is 3.16. The van der Waals surface area contributed by atoms with E-state index in [-0.39, 0.29) is 5.91 Å². The molecule has 0 aromatic carbocycles. The fourth-order valence-corrected chi connectivity index (χ4v) is 3.59. The lowest BCUT2D eigenvalue weighted by molar-refractivity contribution is 0.102. The van der Waals surface area contributed by atoms with Gasteiger partial charge in [0.1, 0.15) is 5.15 Å². The number of rotatable bonds is 2. The predicted octanol–water partition coefficient (Wildman–Crippen LogP) is 3.12. The van der Waals surface area contributed by atoms with Crippen molar-refractivity contribution in [2.45, 2.75) is 19.3 Å². The lowest BCUT2D eigenvalue weighted by Gasteiger charge is -2.06. The number of amides is 1. The van der Waals surface area contributed by atoms with Crippen molar-refractivity contribution >= 4 is 39.5 Å². The molecule has 2 aromatic heterocycles.